The Labute approximate surface area is 98.7 Å². The van der Waals surface area contributed by atoms with Crippen LogP contribution in [-0.2, 0) is 6.42 Å². The summed E-state index contributed by atoms with van der Waals surface area (Å²) in [5.74, 6) is 0. The quantitative estimate of drug-likeness (QED) is 0.763. The van der Waals surface area contributed by atoms with Gasteiger partial charge in [-0.25, -0.2) is 0 Å². The molecule has 1 aliphatic heterocycles. The minimum absolute atomic E-state index is 1.06. The fraction of sp³-hybridized carbons (Fsp3) is 0.571. The molecule has 0 aromatic heterocycles. The van der Waals surface area contributed by atoms with E-state index >= 15 is 0 Å². The maximum Gasteiger partial charge on any atom is 0.0480 e. The van der Waals surface area contributed by atoms with Crippen LogP contribution in [0.5, 0.6) is 0 Å². The molecule has 1 N–H and O–H groups in total. The monoisotopic (exact) mass is 218 g/mol. The summed E-state index contributed by atoms with van der Waals surface area (Å²) in [7, 11) is 0. The lowest BCUT2D eigenvalue weighted by molar-refractivity contribution is 0.213. The topological polar surface area (TPSA) is 15.3 Å². The van der Waals surface area contributed by atoms with Crippen LogP contribution in [0.25, 0.3) is 0 Å². The molecule has 88 valence electrons. The van der Waals surface area contributed by atoms with Gasteiger partial charge in [-0.15, -0.1) is 0 Å². The second-order valence-corrected chi connectivity index (χ2v) is 4.57. The van der Waals surface area contributed by atoms with Gasteiger partial charge in [-0.1, -0.05) is 36.8 Å². The van der Waals surface area contributed by atoms with Gasteiger partial charge in [0.25, 0.3) is 0 Å². The Hall–Kier alpha value is -0.860. The van der Waals surface area contributed by atoms with Crippen molar-refractivity contribution in [1.82, 2.24) is 10.2 Å². The van der Waals surface area contributed by atoms with E-state index in [-0.39, 0.29) is 0 Å². The van der Waals surface area contributed by atoms with Gasteiger partial charge in [-0.3, -0.25) is 4.90 Å². The highest BCUT2D eigenvalue weighted by atomic mass is 15.2. The molecule has 1 heterocycles. The van der Waals surface area contributed by atoms with E-state index in [4.69, 9.17) is 0 Å². The smallest absolute Gasteiger partial charge is 0.0480 e. The van der Waals surface area contributed by atoms with Gasteiger partial charge in [0.1, 0.15) is 0 Å². The lowest BCUT2D eigenvalue weighted by Gasteiger charge is -2.26. The summed E-state index contributed by atoms with van der Waals surface area (Å²) in [5, 5.41) is 3.53. The van der Waals surface area contributed by atoms with E-state index in [9.17, 15) is 0 Å². The van der Waals surface area contributed by atoms with Gasteiger partial charge >= 0.3 is 0 Å². The first-order valence-electron chi connectivity index (χ1n) is 6.42. The van der Waals surface area contributed by atoms with E-state index in [1.54, 1.807) is 0 Å². The van der Waals surface area contributed by atoms with Gasteiger partial charge in [0.15, 0.2) is 0 Å². The van der Waals surface area contributed by atoms with Crippen molar-refractivity contribution in [2.45, 2.75) is 25.7 Å². The maximum absolute atomic E-state index is 3.53. The third-order valence-electron chi connectivity index (χ3n) is 3.22. The maximum atomic E-state index is 3.53. The predicted molar refractivity (Wildman–Crippen MR) is 68.4 cm³/mol. The molecule has 2 heteroatoms. The molecule has 0 spiro atoms. The van der Waals surface area contributed by atoms with E-state index < -0.39 is 0 Å². The molecular weight excluding hydrogens is 196 g/mol. The van der Waals surface area contributed by atoms with Crippen LogP contribution in [0.1, 0.15) is 24.8 Å². The number of nitrogens with zero attached hydrogens (tertiary/aromatic N) is 1. The molecule has 1 aromatic carbocycles. The van der Waals surface area contributed by atoms with Crippen LogP contribution in [-0.4, -0.2) is 31.2 Å². The van der Waals surface area contributed by atoms with Crippen molar-refractivity contribution in [2.75, 3.05) is 26.3 Å². The minimum atomic E-state index is 1.06. The van der Waals surface area contributed by atoms with E-state index in [1.165, 1.54) is 37.9 Å². The van der Waals surface area contributed by atoms with Crippen LogP contribution >= 0.6 is 0 Å². The molecule has 0 radical (unpaired) electrons. The molecule has 0 bridgehead atoms. The number of hydrogen-bond donors (Lipinski definition) is 1. The van der Waals surface area contributed by atoms with Gasteiger partial charge in [0.2, 0.25) is 0 Å². The Balaban J connectivity index is 1.58. The van der Waals surface area contributed by atoms with Crippen molar-refractivity contribution in [3.8, 4) is 0 Å². The first kappa shape index (κ1) is 11.6. The van der Waals surface area contributed by atoms with Crippen LogP contribution in [0.2, 0.25) is 0 Å². The van der Waals surface area contributed by atoms with E-state index in [2.05, 4.69) is 40.5 Å². The SMILES string of the molecule is c1ccc(CCNCN2CCCCC2)cc1. The van der Waals surface area contributed by atoms with E-state index in [1.807, 2.05) is 0 Å². The average Bonchev–Trinajstić information content (AvgIpc) is 2.37. The molecule has 1 fully saturated rings. The van der Waals surface area contributed by atoms with Crippen LogP contribution in [0, 0.1) is 0 Å². The molecule has 2 rings (SSSR count). The number of benzene rings is 1. The number of hydrogen-bond acceptors (Lipinski definition) is 2. The number of rotatable bonds is 5. The third kappa shape index (κ3) is 3.95. The Kier molecular flexibility index (Phi) is 4.84. The van der Waals surface area contributed by atoms with Crippen molar-refractivity contribution < 1.29 is 0 Å². The zero-order valence-electron chi connectivity index (χ0n) is 9.99. The molecule has 1 aromatic rings. The number of nitrogens with one attached hydrogen (secondary N) is 1. The highest BCUT2D eigenvalue weighted by molar-refractivity contribution is 5.14. The summed E-state index contributed by atoms with van der Waals surface area (Å²) < 4.78 is 0. The van der Waals surface area contributed by atoms with Gasteiger partial charge < -0.3 is 5.32 Å². The standard InChI is InChI=1S/C14H22N2/c1-3-7-14(8-4-1)9-10-15-13-16-11-5-2-6-12-16/h1,3-4,7-8,15H,2,5-6,9-13H2. The normalized spacial score (nSPS) is 17.5. The van der Waals surface area contributed by atoms with Crippen LogP contribution in [0.15, 0.2) is 30.3 Å². The summed E-state index contributed by atoms with van der Waals surface area (Å²) in [6.45, 7) is 4.70. The van der Waals surface area contributed by atoms with E-state index in [0.717, 1.165) is 19.6 Å². The van der Waals surface area contributed by atoms with Gasteiger partial charge in [-0.05, 0) is 37.9 Å². The van der Waals surface area contributed by atoms with Crippen molar-refractivity contribution in [2.24, 2.45) is 0 Å². The second kappa shape index (κ2) is 6.66. The Morgan fingerprint density at radius 2 is 1.75 bits per heavy atom. The minimum Gasteiger partial charge on any atom is -0.304 e. The van der Waals surface area contributed by atoms with Crippen LogP contribution < -0.4 is 5.32 Å². The Morgan fingerprint density at radius 3 is 2.50 bits per heavy atom. The third-order valence-corrected chi connectivity index (χ3v) is 3.22. The molecule has 1 saturated heterocycles. The summed E-state index contributed by atoms with van der Waals surface area (Å²) in [5.41, 5.74) is 1.42. The molecule has 0 atom stereocenters. The number of piperidine rings is 1. The Bertz CT molecular complexity index is 278. The van der Waals surface area contributed by atoms with E-state index in [0.29, 0.717) is 0 Å². The Morgan fingerprint density at radius 1 is 1.00 bits per heavy atom. The highest BCUT2D eigenvalue weighted by Gasteiger charge is 2.08. The van der Waals surface area contributed by atoms with Crippen LogP contribution in [0.4, 0.5) is 0 Å². The predicted octanol–water partition coefficient (Wildman–Crippen LogP) is 2.26. The fourth-order valence-electron chi connectivity index (χ4n) is 2.23. The first-order valence-corrected chi connectivity index (χ1v) is 6.42. The molecule has 0 saturated carbocycles. The zero-order chi connectivity index (χ0) is 11.1. The molecule has 0 aliphatic carbocycles. The molecule has 1 aliphatic rings. The zero-order valence-corrected chi connectivity index (χ0v) is 9.99. The van der Waals surface area contributed by atoms with Crippen molar-refractivity contribution in [1.29, 1.82) is 0 Å². The lowest BCUT2D eigenvalue weighted by atomic mass is 10.1. The average molecular weight is 218 g/mol. The van der Waals surface area contributed by atoms with Crippen LogP contribution in [0.3, 0.4) is 0 Å². The second-order valence-electron chi connectivity index (χ2n) is 4.57. The van der Waals surface area contributed by atoms with Gasteiger partial charge in [-0.2, -0.15) is 0 Å². The number of likely N-dealkylation sites (tertiary alicyclic amines) is 1. The first-order chi connectivity index (χ1) is 7.95. The lowest BCUT2D eigenvalue weighted by Crippen LogP contribution is -2.38. The summed E-state index contributed by atoms with van der Waals surface area (Å²) in [4.78, 5) is 2.52. The summed E-state index contributed by atoms with van der Waals surface area (Å²) in [6, 6.07) is 10.7. The van der Waals surface area contributed by atoms with Gasteiger partial charge in [0, 0.05) is 13.2 Å². The van der Waals surface area contributed by atoms with Crippen molar-refractivity contribution in [3.05, 3.63) is 35.9 Å². The van der Waals surface area contributed by atoms with Gasteiger partial charge in [0.05, 0.1) is 0 Å². The fourth-order valence-corrected chi connectivity index (χ4v) is 2.23. The highest BCUT2D eigenvalue weighted by Crippen LogP contribution is 2.06. The van der Waals surface area contributed by atoms with Crippen molar-refractivity contribution in [3.63, 3.8) is 0 Å². The largest absolute Gasteiger partial charge is 0.304 e. The summed E-state index contributed by atoms with van der Waals surface area (Å²) >= 11 is 0. The molecule has 0 unspecified atom stereocenters. The summed E-state index contributed by atoms with van der Waals surface area (Å²) in [6.07, 6.45) is 5.30. The molecular formula is C14H22N2. The molecule has 0 amide bonds. The van der Waals surface area contributed by atoms with Crippen molar-refractivity contribution >= 4 is 0 Å². The molecule has 2 nitrogen and oxygen atoms in total. The molecule has 16 heavy (non-hydrogen) atoms.